The van der Waals surface area contributed by atoms with Crippen LogP contribution in [0.4, 0.5) is 5.69 Å². The minimum atomic E-state index is -0.588. The second-order valence-electron chi connectivity index (χ2n) is 8.50. The van der Waals surface area contributed by atoms with E-state index in [9.17, 15) is 14.9 Å². The lowest BCUT2D eigenvalue weighted by molar-refractivity contribution is -0.384. The molecular formula is C29H27N3O6. The van der Waals surface area contributed by atoms with Gasteiger partial charge in [0.1, 0.15) is 12.2 Å². The first-order valence-electron chi connectivity index (χ1n) is 12.0. The Balaban J connectivity index is 1.51. The van der Waals surface area contributed by atoms with E-state index >= 15 is 0 Å². The Hall–Kier alpha value is -4.92. The monoisotopic (exact) mass is 513 g/mol. The van der Waals surface area contributed by atoms with Crippen molar-refractivity contribution in [1.82, 2.24) is 5.43 Å². The summed E-state index contributed by atoms with van der Waals surface area (Å²) in [5, 5.41) is 15.5. The SMILES string of the molecule is C=CCc1cc(/C=N/NC(=O)c2cc3cc([N+](=O)[O-])ccc3o2)cc(OCC)c1OCc1ccc(C)cc1. The molecule has 4 rings (SSSR count). The maximum Gasteiger partial charge on any atom is 0.307 e. The van der Waals surface area contributed by atoms with E-state index in [0.717, 1.165) is 11.1 Å². The maximum atomic E-state index is 12.5. The topological polar surface area (TPSA) is 116 Å². The Bertz CT molecular complexity index is 1510. The van der Waals surface area contributed by atoms with Crippen LogP contribution in [0.2, 0.25) is 0 Å². The summed E-state index contributed by atoms with van der Waals surface area (Å²) in [7, 11) is 0. The van der Waals surface area contributed by atoms with Crippen LogP contribution < -0.4 is 14.9 Å². The first kappa shape index (κ1) is 26.2. The van der Waals surface area contributed by atoms with E-state index in [2.05, 4.69) is 17.1 Å². The molecule has 0 aliphatic carbocycles. The fourth-order valence-corrected chi connectivity index (χ4v) is 3.81. The molecule has 3 aromatic carbocycles. The van der Waals surface area contributed by atoms with Gasteiger partial charge in [0.15, 0.2) is 17.3 Å². The summed E-state index contributed by atoms with van der Waals surface area (Å²) in [5.41, 5.74) is 6.47. The van der Waals surface area contributed by atoms with E-state index in [0.29, 0.717) is 47.7 Å². The van der Waals surface area contributed by atoms with E-state index in [4.69, 9.17) is 13.9 Å². The summed E-state index contributed by atoms with van der Waals surface area (Å²) in [5.74, 6) is 0.588. The van der Waals surface area contributed by atoms with E-state index < -0.39 is 10.8 Å². The Morgan fingerprint density at radius 1 is 1.13 bits per heavy atom. The predicted octanol–water partition coefficient (Wildman–Crippen LogP) is 6.12. The van der Waals surface area contributed by atoms with Gasteiger partial charge in [-0.3, -0.25) is 14.9 Å². The normalized spacial score (nSPS) is 11.0. The molecule has 1 amide bonds. The van der Waals surface area contributed by atoms with Gasteiger partial charge in [-0.15, -0.1) is 6.58 Å². The zero-order valence-corrected chi connectivity index (χ0v) is 21.1. The predicted molar refractivity (Wildman–Crippen MR) is 145 cm³/mol. The molecule has 0 radical (unpaired) electrons. The highest BCUT2D eigenvalue weighted by molar-refractivity contribution is 5.97. The Morgan fingerprint density at radius 2 is 1.92 bits per heavy atom. The highest BCUT2D eigenvalue weighted by Crippen LogP contribution is 2.34. The Labute approximate surface area is 219 Å². The number of nitrogens with zero attached hydrogens (tertiary/aromatic N) is 2. The molecular weight excluding hydrogens is 486 g/mol. The fourth-order valence-electron chi connectivity index (χ4n) is 3.81. The molecule has 0 bridgehead atoms. The third-order valence-electron chi connectivity index (χ3n) is 5.64. The number of hydrogen-bond donors (Lipinski definition) is 1. The Kier molecular flexibility index (Phi) is 8.17. The van der Waals surface area contributed by atoms with Gasteiger partial charge in [-0.1, -0.05) is 35.9 Å². The molecule has 1 heterocycles. The number of amides is 1. The van der Waals surface area contributed by atoms with Crippen LogP contribution in [0.5, 0.6) is 11.5 Å². The highest BCUT2D eigenvalue weighted by Gasteiger charge is 2.16. The summed E-state index contributed by atoms with van der Waals surface area (Å²) < 4.78 is 17.5. The van der Waals surface area contributed by atoms with Crippen LogP contribution in [0, 0.1) is 17.0 Å². The van der Waals surface area contributed by atoms with Crippen LogP contribution >= 0.6 is 0 Å². The number of hydrogen-bond acceptors (Lipinski definition) is 7. The largest absolute Gasteiger partial charge is 0.490 e. The van der Waals surface area contributed by atoms with Gasteiger partial charge in [-0.05, 0) is 55.7 Å². The van der Waals surface area contributed by atoms with Crippen molar-refractivity contribution in [2.75, 3.05) is 6.61 Å². The Morgan fingerprint density at radius 3 is 2.63 bits per heavy atom. The zero-order chi connectivity index (χ0) is 27.1. The van der Waals surface area contributed by atoms with Gasteiger partial charge in [0.25, 0.3) is 5.69 Å². The molecule has 1 aromatic heterocycles. The number of aryl methyl sites for hydroxylation is 1. The van der Waals surface area contributed by atoms with Crippen molar-refractivity contribution in [3.8, 4) is 11.5 Å². The van der Waals surface area contributed by atoms with Crippen LogP contribution in [-0.4, -0.2) is 23.7 Å². The van der Waals surface area contributed by atoms with Crippen molar-refractivity contribution >= 4 is 28.8 Å². The van der Waals surface area contributed by atoms with E-state index in [1.807, 2.05) is 44.2 Å². The molecule has 194 valence electrons. The lowest BCUT2D eigenvalue weighted by Gasteiger charge is -2.17. The smallest absolute Gasteiger partial charge is 0.307 e. The molecule has 9 nitrogen and oxygen atoms in total. The van der Waals surface area contributed by atoms with Crippen LogP contribution in [0.15, 0.2) is 82.8 Å². The number of non-ortho nitro benzene ring substituents is 1. The van der Waals surface area contributed by atoms with Crippen molar-refractivity contribution in [2.24, 2.45) is 5.10 Å². The number of carbonyl (C=O) groups is 1. The highest BCUT2D eigenvalue weighted by atomic mass is 16.6. The van der Waals surface area contributed by atoms with Crippen molar-refractivity contribution in [1.29, 1.82) is 0 Å². The number of furan rings is 1. The minimum Gasteiger partial charge on any atom is -0.490 e. The minimum absolute atomic E-state index is 0.0140. The van der Waals surface area contributed by atoms with Gasteiger partial charge in [0.05, 0.1) is 17.7 Å². The van der Waals surface area contributed by atoms with Crippen LogP contribution in [0.3, 0.4) is 0 Å². The van der Waals surface area contributed by atoms with Gasteiger partial charge in [-0.2, -0.15) is 5.10 Å². The molecule has 38 heavy (non-hydrogen) atoms. The number of fused-ring (bicyclic) bond motifs is 1. The summed E-state index contributed by atoms with van der Waals surface area (Å²) in [6.45, 7) is 8.60. The quantitative estimate of drug-likeness (QED) is 0.112. The average Bonchev–Trinajstić information content (AvgIpc) is 3.33. The second kappa shape index (κ2) is 11.9. The van der Waals surface area contributed by atoms with Crippen molar-refractivity contribution in [3.63, 3.8) is 0 Å². The number of rotatable bonds is 11. The van der Waals surface area contributed by atoms with Crippen molar-refractivity contribution in [2.45, 2.75) is 26.9 Å². The molecule has 4 aromatic rings. The lowest BCUT2D eigenvalue weighted by atomic mass is 10.1. The molecule has 0 unspecified atom stereocenters. The van der Waals surface area contributed by atoms with E-state index in [1.54, 1.807) is 12.1 Å². The second-order valence-corrected chi connectivity index (χ2v) is 8.50. The molecule has 0 fully saturated rings. The van der Waals surface area contributed by atoms with E-state index in [-0.39, 0.29) is 11.4 Å². The standard InChI is InChI=1S/C29H27N3O6/c1-4-6-22-13-21(14-26(36-5-2)28(22)37-18-20-9-7-19(3)8-10-20)17-30-31-29(33)27-16-23-15-24(32(34)35)11-12-25(23)38-27/h4,7-17H,1,5-6,18H2,2-3H3,(H,31,33)/b30-17+. The number of ether oxygens (including phenoxy) is 2. The van der Waals surface area contributed by atoms with Crippen molar-refractivity contribution in [3.05, 3.63) is 111 Å². The third kappa shape index (κ3) is 6.25. The van der Waals surface area contributed by atoms with Crippen LogP contribution in [0.1, 0.15) is 39.7 Å². The van der Waals surface area contributed by atoms with Gasteiger partial charge in [0, 0.05) is 23.1 Å². The molecule has 0 aliphatic rings. The summed E-state index contributed by atoms with van der Waals surface area (Å²) in [6.07, 6.45) is 3.81. The average molecular weight is 514 g/mol. The third-order valence-corrected chi connectivity index (χ3v) is 5.64. The van der Waals surface area contributed by atoms with Crippen LogP contribution in [-0.2, 0) is 13.0 Å². The summed E-state index contributed by atoms with van der Waals surface area (Å²) in [6, 6.07) is 17.3. The summed E-state index contributed by atoms with van der Waals surface area (Å²) >= 11 is 0. The molecule has 0 spiro atoms. The first-order chi connectivity index (χ1) is 18.4. The fraction of sp³-hybridized carbons (Fsp3) is 0.172. The molecule has 0 saturated heterocycles. The number of hydrazone groups is 1. The van der Waals surface area contributed by atoms with Gasteiger partial charge in [-0.25, -0.2) is 5.43 Å². The molecule has 0 aliphatic heterocycles. The van der Waals surface area contributed by atoms with E-state index in [1.165, 1.54) is 36.0 Å². The molecule has 0 saturated carbocycles. The van der Waals surface area contributed by atoms with Gasteiger partial charge in [0.2, 0.25) is 0 Å². The number of allylic oxidation sites excluding steroid dienone is 1. The first-order valence-corrected chi connectivity index (χ1v) is 12.0. The number of nitrogens with one attached hydrogen (secondary N) is 1. The number of nitro groups is 1. The number of carbonyl (C=O) groups excluding carboxylic acids is 1. The van der Waals surface area contributed by atoms with Crippen LogP contribution in [0.25, 0.3) is 11.0 Å². The van der Waals surface area contributed by atoms with Crippen molar-refractivity contribution < 1.29 is 23.6 Å². The molecule has 9 heteroatoms. The number of benzene rings is 3. The zero-order valence-electron chi connectivity index (χ0n) is 21.1. The maximum absolute atomic E-state index is 12.5. The lowest BCUT2D eigenvalue weighted by Crippen LogP contribution is -2.16. The van der Waals surface area contributed by atoms with Gasteiger partial charge >= 0.3 is 5.91 Å². The van der Waals surface area contributed by atoms with Gasteiger partial charge < -0.3 is 13.9 Å². The molecule has 0 atom stereocenters. The molecule has 1 N–H and O–H groups in total. The summed E-state index contributed by atoms with van der Waals surface area (Å²) in [4.78, 5) is 23.0. The number of nitro benzene ring substituents is 1.